The fourth-order valence-electron chi connectivity index (χ4n) is 2.03. The van der Waals surface area contributed by atoms with Gasteiger partial charge in [0.1, 0.15) is 17.3 Å². The van der Waals surface area contributed by atoms with Crippen LogP contribution in [0.3, 0.4) is 0 Å². The molecule has 23 heavy (non-hydrogen) atoms. The number of carbonyl (C=O) groups excluding carboxylic acids is 1. The molecule has 1 N–H and O–H groups in total. The molecule has 2 aromatic rings. The molecule has 0 saturated heterocycles. The fourth-order valence-corrected chi connectivity index (χ4v) is 2.03. The molecule has 0 aromatic heterocycles. The predicted octanol–water partition coefficient (Wildman–Crippen LogP) is 4.21. The van der Waals surface area contributed by atoms with E-state index >= 15 is 0 Å². The predicted molar refractivity (Wildman–Crippen MR) is 80.8 cm³/mol. The quantitative estimate of drug-likeness (QED) is 0.895. The lowest BCUT2D eigenvalue weighted by Crippen LogP contribution is -2.33. The summed E-state index contributed by atoms with van der Waals surface area (Å²) in [6, 6.07) is 8.10. The normalized spacial score (nSPS) is 11.9. The van der Waals surface area contributed by atoms with Crippen LogP contribution in [0.2, 0.25) is 0 Å². The second-order valence-corrected chi connectivity index (χ2v) is 5.01. The van der Waals surface area contributed by atoms with Crippen LogP contribution < -0.4 is 10.1 Å². The lowest BCUT2D eigenvalue weighted by atomic mass is 10.2. The lowest BCUT2D eigenvalue weighted by molar-refractivity contribution is -0.122. The summed E-state index contributed by atoms with van der Waals surface area (Å²) in [5, 5.41) is 2.12. The van der Waals surface area contributed by atoms with Crippen LogP contribution in [-0.2, 0) is 4.79 Å². The van der Waals surface area contributed by atoms with Gasteiger partial charge in [-0.2, -0.15) is 0 Å². The molecule has 0 aliphatic carbocycles. The molecule has 1 amide bonds. The van der Waals surface area contributed by atoms with Gasteiger partial charge in [0.15, 0.2) is 17.7 Å². The zero-order valence-electron chi connectivity index (χ0n) is 12.7. The Kier molecular flexibility index (Phi) is 5.26. The summed E-state index contributed by atoms with van der Waals surface area (Å²) in [7, 11) is 0. The van der Waals surface area contributed by atoms with Crippen molar-refractivity contribution in [3.05, 3.63) is 59.4 Å². The van der Waals surface area contributed by atoms with Crippen molar-refractivity contribution in [3.63, 3.8) is 0 Å². The number of amides is 1. The van der Waals surface area contributed by atoms with Crippen molar-refractivity contribution < 1.29 is 22.7 Å². The summed E-state index contributed by atoms with van der Waals surface area (Å²) in [5.74, 6) is -3.61. The number of aryl methyl sites for hydroxylation is 1. The molecule has 0 unspecified atom stereocenters. The van der Waals surface area contributed by atoms with Crippen LogP contribution in [-0.4, -0.2) is 12.0 Å². The van der Waals surface area contributed by atoms with E-state index in [2.05, 4.69) is 5.32 Å². The van der Waals surface area contributed by atoms with E-state index in [-0.39, 0.29) is 0 Å². The van der Waals surface area contributed by atoms with Crippen LogP contribution in [0.4, 0.5) is 18.9 Å². The van der Waals surface area contributed by atoms with Crippen LogP contribution >= 0.6 is 0 Å². The molecule has 0 bridgehead atoms. The number of para-hydroxylation sites is 1. The van der Waals surface area contributed by atoms with Crippen molar-refractivity contribution in [2.75, 3.05) is 5.32 Å². The average Bonchev–Trinajstić information content (AvgIpc) is 2.49. The monoisotopic (exact) mass is 323 g/mol. The number of ether oxygens (including phenoxy) is 1. The Morgan fingerprint density at radius 2 is 1.78 bits per heavy atom. The number of hydrogen-bond acceptors (Lipinski definition) is 2. The van der Waals surface area contributed by atoms with Gasteiger partial charge in [0.2, 0.25) is 0 Å². The van der Waals surface area contributed by atoms with Crippen molar-refractivity contribution in [1.82, 2.24) is 0 Å². The van der Waals surface area contributed by atoms with Crippen molar-refractivity contribution in [3.8, 4) is 5.75 Å². The Bertz CT molecular complexity index is 696. The third-order valence-electron chi connectivity index (χ3n) is 3.28. The number of hydrogen-bond donors (Lipinski definition) is 1. The number of carbonyl (C=O) groups is 1. The van der Waals surface area contributed by atoms with Gasteiger partial charge >= 0.3 is 0 Å². The highest BCUT2D eigenvalue weighted by molar-refractivity contribution is 5.94. The topological polar surface area (TPSA) is 38.3 Å². The van der Waals surface area contributed by atoms with Gasteiger partial charge in [0.25, 0.3) is 5.91 Å². The minimum atomic E-state index is -1.18. The summed E-state index contributed by atoms with van der Waals surface area (Å²) >= 11 is 0. The summed E-state index contributed by atoms with van der Waals surface area (Å²) < 4.78 is 45.7. The molecule has 3 nitrogen and oxygen atoms in total. The first-order valence-corrected chi connectivity index (χ1v) is 7.10. The average molecular weight is 323 g/mol. The molecular weight excluding hydrogens is 307 g/mol. The Hall–Kier alpha value is -2.50. The van der Waals surface area contributed by atoms with E-state index in [1.165, 1.54) is 0 Å². The molecule has 122 valence electrons. The molecule has 0 saturated carbocycles. The third-order valence-corrected chi connectivity index (χ3v) is 3.28. The number of benzene rings is 2. The van der Waals surface area contributed by atoms with Crippen LogP contribution in [0.15, 0.2) is 36.4 Å². The van der Waals surface area contributed by atoms with Crippen molar-refractivity contribution >= 4 is 11.6 Å². The minimum absolute atomic E-state index is 0.296. The number of halogens is 3. The van der Waals surface area contributed by atoms with Gasteiger partial charge in [-0.05, 0) is 25.0 Å². The zero-order valence-corrected chi connectivity index (χ0v) is 12.7. The van der Waals surface area contributed by atoms with E-state index in [4.69, 9.17) is 4.74 Å². The van der Waals surface area contributed by atoms with E-state index in [1.54, 1.807) is 19.1 Å². The smallest absolute Gasteiger partial charge is 0.265 e. The Morgan fingerprint density at radius 1 is 1.17 bits per heavy atom. The highest BCUT2D eigenvalue weighted by Gasteiger charge is 2.22. The molecule has 1 atom stereocenters. The van der Waals surface area contributed by atoms with E-state index in [0.29, 0.717) is 24.3 Å². The van der Waals surface area contributed by atoms with Gasteiger partial charge in [-0.15, -0.1) is 0 Å². The fraction of sp³-hybridized carbons (Fsp3) is 0.235. The van der Waals surface area contributed by atoms with Crippen molar-refractivity contribution in [2.45, 2.75) is 26.4 Å². The Morgan fingerprint density at radius 3 is 2.35 bits per heavy atom. The third kappa shape index (κ3) is 4.03. The van der Waals surface area contributed by atoms with Crippen LogP contribution in [0.5, 0.6) is 5.75 Å². The number of nitrogens with one attached hydrogen (secondary N) is 1. The van der Waals surface area contributed by atoms with Gasteiger partial charge in [-0.1, -0.05) is 25.1 Å². The van der Waals surface area contributed by atoms with E-state index in [0.717, 1.165) is 5.56 Å². The summed E-state index contributed by atoms with van der Waals surface area (Å²) in [5.41, 5.74) is 0.140. The molecule has 0 spiro atoms. The van der Waals surface area contributed by atoms with Gasteiger partial charge in [-0.3, -0.25) is 4.79 Å². The number of anilines is 1. The maximum Gasteiger partial charge on any atom is 0.265 e. The molecule has 0 fully saturated rings. The first-order chi connectivity index (χ1) is 10.9. The SMILES string of the molecule is CC[C@H](Oc1ccccc1C)C(=O)Nc1c(F)cc(F)cc1F. The van der Waals surface area contributed by atoms with Crippen molar-refractivity contribution in [1.29, 1.82) is 0 Å². The lowest BCUT2D eigenvalue weighted by Gasteiger charge is -2.19. The maximum atomic E-state index is 13.6. The Labute approximate surface area is 132 Å². The molecule has 2 aromatic carbocycles. The van der Waals surface area contributed by atoms with Gasteiger partial charge in [0.05, 0.1) is 0 Å². The molecule has 6 heteroatoms. The van der Waals surface area contributed by atoms with Crippen LogP contribution in [0, 0.1) is 24.4 Å². The first kappa shape index (κ1) is 16.9. The summed E-state index contributed by atoms with van der Waals surface area (Å²) in [6.45, 7) is 3.53. The first-order valence-electron chi connectivity index (χ1n) is 7.10. The van der Waals surface area contributed by atoms with Gasteiger partial charge in [-0.25, -0.2) is 13.2 Å². The minimum Gasteiger partial charge on any atom is -0.480 e. The second-order valence-electron chi connectivity index (χ2n) is 5.01. The highest BCUT2D eigenvalue weighted by atomic mass is 19.1. The van der Waals surface area contributed by atoms with E-state index in [1.807, 2.05) is 19.1 Å². The van der Waals surface area contributed by atoms with Gasteiger partial charge < -0.3 is 10.1 Å². The number of rotatable bonds is 5. The standard InChI is InChI=1S/C17H16F3NO2/c1-3-14(23-15-7-5-4-6-10(15)2)17(22)21-16-12(19)8-11(18)9-13(16)20/h4-9,14H,3H2,1-2H3,(H,21,22)/t14-/m0/s1. The molecule has 0 aliphatic rings. The zero-order chi connectivity index (χ0) is 17.0. The molecule has 0 radical (unpaired) electrons. The highest BCUT2D eigenvalue weighted by Crippen LogP contribution is 2.22. The summed E-state index contributed by atoms with van der Waals surface area (Å²) in [6.07, 6.45) is -0.634. The van der Waals surface area contributed by atoms with E-state index < -0.39 is 35.2 Å². The molecular formula is C17H16F3NO2. The maximum absolute atomic E-state index is 13.6. The van der Waals surface area contributed by atoms with E-state index in [9.17, 15) is 18.0 Å². The Balaban J connectivity index is 2.17. The molecule has 0 aliphatic heterocycles. The second kappa shape index (κ2) is 7.17. The van der Waals surface area contributed by atoms with Crippen LogP contribution in [0.25, 0.3) is 0 Å². The molecule has 2 rings (SSSR count). The van der Waals surface area contributed by atoms with Crippen LogP contribution in [0.1, 0.15) is 18.9 Å². The van der Waals surface area contributed by atoms with Gasteiger partial charge in [0, 0.05) is 12.1 Å². The summed E-state index contributed by atoms with van der Waals surface area (Å²) in [4.78, 5) is 12.2. The van der Waals surface area contributed by atoms with Crippen molar-refractivity contribution in [2.24, 2.45) is 0 Å². The largest absolute Gasteiger partial charge is 0.480 e. The molecule has 0 heterocycles.